The summed E-state index contributed by atoms with van der Waals surface area (Å²) in [4.78, 5) is 38.9. The number of rotatable bonds is 16. The first-order valence-corrected chi connectivity index (χ1v) is 11.9. The highest BCUT2D eigenvalue weighted by atomic mass is 19.1. The van der Waals surface area contributed by atoms with Crippen molar-refractivity contribution in [2.45, 2.75) is 96.8 Å². The topological polar surface area (TPSA) is 79.5 Å². The van der Waals surface area contributed by atoms with Crippen molar-refractivity contribution >= 4 is 17.8 Å². The second kappa shape index (κ2) is 14.0. The van der Waals surface area contributed by atoms with E-state index >= 15 is 0 Å². The summed E-state index contributed by atoms with van der Waals surface area (Å²) in [5.41, 5.74) is 0.296. The average Bonchev–Trinajstić information content (AvgIpc) is 3.28. The number of ether oxygens (including phenoxy) is 1. The fourth-order valence-electron chi connectivity index (χ4n) is 3.93. The maximum Gasteiger partial charge on any atom is 0.357 e. The molecular formula is C24H37FN2O4. The zero-order chi connectivity index (χ0) is 22.5. The van der Waals surface area contributed by atoms with Crippen molar-refractivity contribution < 1.29 is 23.5 Å². The van der Waals surface area contributed by atoms with Gasteiger partial charge in [0.2, 0.25) is 11.8 Å². The lowest BCUT2D eigenvalue weighted by molar-refractivity contribution is -0.138. The molecule has 2 amide bonds. The molecule has 0 aromatic carbocycles. The molecule has 1 N–H and O–H groups in total. The van der Waals surface area contributed by atoms with Crippen LogP contribution < -0.4 is 0 Å². The fourth-order valence-corrected chi connectivity index (χ4v) is 3.93. The number of likely N-dealkylation sites (tertiary alicyclic amines) is 1. The summed E-state index contributed by atoms with van der Waals surface area (Å²) in [6.07, 6.45) is 16.1. The lowest BCUT2D eigenvalue weighted by Gasteiger charge is -2.13. The summed E-state index contributed by atoms with van der Waals surface area (Å²) >= 11 is 0. The van der Waals surface area contributed by atoms with Gasteiger partial charge in [0, 0.05) is 24.6 Å². The first-order valence-electron chi connectivity index (χ1n) is 11.9. The molecular weight excluding hydrogens is 399 g/mol. The van der Waals surface area contributed by atoms with Crippen molar-refractivity contribution in [1.29, 1.82) is 0 Å². The third kappa shape index (κ3) is 8.46. The van der Waals surface area contributed by atoms with Gasteiger partial charge in [-0.3, -0.25) is 14.5 Å². The summed E-state index contributed by atoms with van der Waals surface area (Å²) in [6.45, 7) is 2.11. The van der Waals surface area contributed by atoms with Crippen molar-refractivity contribution in [1.82, 2.24) is 9.88 Å². The molecule has 1 aromatic heterocycles. The molecule has 1 aromatic rings. The van der Waals surface area contributed by atoms with E-state index in [-0.39, 0.29) is 43.5 Å². The Hall–Kier alpha value is -2.18. The molecule has 0 atom stereocenters. The number of hydrogen-bond donors (Lipinski definition) is 1. The van der Waals surface area contributed by atoms with Gasteiger partial charge in [-0.1, -0.05) is 71.1 Å². The van der Waals surface area contributed by atoms with Gasteiger partial charge in [-0.05, 0) is 12.8 Å². The molecule has 0 spiro atoms. The van der Waals surface area contributed by atoms with Gasteiger partial charge >= 0.3 is 5.97 Å². The van der Waals surface area contributed by atoms with Gasteiger partial charge in [0.25, 0.3) is 0 Å². The molecule has 0 unspecified atom stereocenters. The summed E-state index contributed by atoms with van der Waals surface area (Å²) in [5.74, 6) is -1.89. The molecule has 0 aliphatic carbocycles. The van der Waals surface area contributed by atoms with E-state index < -0.39 is 11.8 Å². The van der Waals surface area contributed by atoms with Crippen LogP contribution in [0.3, 0.4) is 0 Å². The van der Waals surface area contributed by atoms with Crippen LogP contribution in [0.1, 0.15) is 106 Å². The predicted octanol–water partition coefficient (Wildman–Crippen LogP) is 5.31. The Morgan fingerprint density at radius 3 is 2.10 bits per heavy atom. The first kappa shape index (κ1) is 25.1. The summed E-state index contributed by atoms with van der Waals surface area (Å²) in [6, 6.07) is 0. The van der Waals surface area contributed by atoms with Crippen molar-refractivity contribution in [2.24, 2.45) is 0 Å². The first-order chi connectivity index (χ1) is 15.0. The maximum absolute atomic E-state index is 14.5. The molecule has 2 heterocycles. The number of nitrogens with one attached hydrogen (secondary N) is 1. The number of aromatic nitrogens is 1. The number of imide groups is 1. The number of hydrogen-bond acceptors (Lipinski definition) is 4. The Morgan fingerprint density at radius 2 is 1.52 bits per heavy atom. The monoisotopic (exact) mass is 436 g/mol. The normalized spacial score (nSPS) is 13.9. The van der Waals surface area contributed by atoms with Crippen LogP contribution in [0.2, 0.25) is 0 Å². The Labute approximate surface area is 184 Å². The Balaban J connectivity index is 1.58. The van der Waals surface area contributed by atoms with Crippen LogP contribution in [-0.2, 0) is 20.7 Å². The number of carbonyl (C=O) groups is 3. The third-order valence-corrected chi connectivity index (χ3v) is 5.85. The fraction of sp³-hybridized carbons (Fsp3) is 0.708. The van der Waals surface area contributed by atoms with Crippen LogP contribution >= 0.6 is 0 Å². The number of unbranched alkanes of at least 4 members (excludes halogenated alkanes) is 10. The number of amides is 2. The van der Waals surface area contributed by atoms with Crippen molar-refractivity contribution in [3.8, 4) is 0 Å². The summed E-state index contributed by atoms with van der Waals surface area (Å²) in [7, 11) is 0. The minimum Gasteiger partial charge on any atom is -0.459 e. The second-order valence-electron chi connectivity index (χ2n) is 8.36. The Bertz CT molecular complexity index is 700. The van der Waals surface area contributed by atoms with E-state index in [9.17, 15) is 18.8 Å². The third-order valence-electron chi connectivity index (χ3n) is 5.85. The molecule has 1 aliphatic rings. The zero-order valence-electron chi connectivity index (χ0n) is 18.8. The maximum atomic E-state index is 14.5. The van der Waals surface area contributed by atoms with Gasteiger partial charge in [0.15, 0.2) is 11.5 Å². The van der Waals surface area contributed by atoms with Crippen molar-refractivity contribution in [3.05, 3.63) is 23.3 Å². The molecule has 31 heavy (non-hydrogen) atoms. The lowest BCUT2D eigenvalue weighted by atomic mass is 10.0. The van der Waals surface area contributed by atoms with E-state index in [0.29, 0.717) is 12.0 Å². The molecule has 1 aliphatic heterocycles. The molecule has 174 valence electrons. The van der Waals surface area contributed by atoms with Gasteiger partial charge in [0.1, 0.15) is 6.61 Å². The largest absolute Gasteiger partial charge is 0.459 e. The van der Waals surface area contributed by atoms with Gasteiger partial charge in [-0.15, -0.1) is 0 Å². The number of carbonyl (C=O) groups excluding carboxylic acids is 3. The second-order valence-corrected chi connectivity index (χ2v) is 8.36. The van der Waals surface area contributed by atoms with Gasteiger partial charge in [-0.25, -0.2) is 9.18 Å². The van der Waals surface area contributed by atoms with Crippen LogP contribution in [0, 0.1) is 5.82 Å². The molecule has 2 rings (SSSR count). The lowest BCUT2D eigenvalue weighted by Crippen LogP contribution is -2.33. The molecule has 1 saturated heterocycles. The molecule has 0 saturated carbocycles. The van der Waals surface area contributed by atoms with Crippen molar-refractivity contribution in [3.63, 3.8) is 0 Å². The standard InChI is InChI=1S/C24H37FN2O4/c1-2-3-4-5-6-7-8-9-10-11-12-13-19-18-26-23(22(19)25)24(30)31-17-16-27-20(28)14-15-21(27)29/h18,26H,2-17H2,1H3. The average molecular weight is 437 g/mol. The number of aromatic amines is 1. The Kier molecular flexibility index (Phi) is 11.3. The van der Waals surface area contributed by atoms with E-state index in [1.165, 1.54) is 57.6 Å². The number of H-pyrrole nitrogens is 1. The van der Waals surface area contributed by atoms with Crippen LogP contribution in [0.25, 0.3) is 0 Å². The van der Waals surface area contributed by atoms with E-state index in [1.807, 2.05) is 0 Å². The molecule has 0 bridgehead atoms. The summed E-state index contributed by atoms with van der Waals surface area (Å²) in [5, 5.41) is 0. The zero-order valence-corrected chi connectivity index (χ0v) is 18.8. The SMILES string of the molecule is CCCCCCCCCCCCCc1c[nH]c(C(=O)OCCN2C(=O)CCC2=O)c1F. The number of esters is 1. The smallest absolute Gasteiger partial charge is 0.357 e. The van der Waals surface area contributed by atoms with E-state index in [2.05, 4.69) is 11.9 Å². The number of halogens is 1. The molecule has 6 nitrogen and oxygen atoms in total. The Morgan fingerprint density at radius 1 is 0.968 bits per heavy atom. The van der Waals surface area contributed by atoms with Crippen LogP contribution in [0.4, 0.5) is 4.39 Å². The van der Waals surface area contributed by atoms with E-state index in [4.69, 9.17) is 4.74 Å². The van der Waals surface area contributed by atoms with Crippen LogP contribution in [0.5, 0.6) is 0 Å². The highest BCUT2D eigenvalue weighted by Gasteiger charge is 2.29. The highest BCUT2D eigenvalue weighted by Crippen LogP contribution is 2.18. The quantitative estimate of drug-likeness (QED) is 0.216. The van der Waals surface area contributed by atoms with Crippen LogP contribution in [0.15, 0.2) is 6.20 Å². The predicted molar refractivity (Wildman–Crippen MR) is 117 cm³/mol. The highest BCUT2D eigenvalue weighted by molar-refractivity contribution is 6.01. The molecule has 1 fully saturated rings. The molecule has 7 heteroatoms. The number of aryl methyl sites for hydroxylation is 1. The minimum absolute atomic E-state index is 0.0112. The van der Waals surface area contributed by atoms with Gasteiger partial charge in [0.05, 0.1) is 6.54 Å². The van der Waals surface area contributed by atoms with E-state index in [0.717, 1.165) is 24.2 Å². The van der Waals surface area contributed by atoms with Crippen molar-refractivity contribution in [2.75, 3.05) is 13.2 Å². The van der Waals surface area contributed by atoms with E-state index in [1.54, 1.807) is 0 Å². The van der Waals surface area contributed by atoms with Crippen LogP contribution in [-0.4, -0.2) is 40.8 Å². The van der Waals surface area contributed by atoms with Gasteiger partial charge in [-0.2, -0.15) is 0 Å². The molecule has 0 radical (unpaired) electrons. The van der Waals surface area contributed by atoms with Gasteiger partial charge < -0.3 is 9.72 Å². The minimum atomic E-state index is -0.804. The summed E-state index contributed by atoms with van der Waals surface area (Å²) < 4.78 is 19.5. The number of nitrogens with zero attached hydrogens (tertiary/aromatic N) is 1.